The molecule has 4 atom stereocenters. The van der Waals surface area contributed by atoms with Crippen molar-refractivity contribution in [1.82, 2.24) is 20.0 Å². The number of nitrogens with two attached hydrogens (primary N) is 1. The van der Waals surface area contributed by atoms with E-state index in [0.29, 0.717) is 23.3 Å². The van der Waals surface area contributed by atoms with Crippen molar-refractivity contribution >= 4 is 11.7 Å². The Labute approximate surface area is 136 Å². The van der Waals surface area contributed by atoms with Crippen molar-refractivity contribution in [3.8, 4) is 0 Å². The van der Waals surface area contributed by atoms with E-state index in [2.05, 4.69) is 36.2 Å². The maximum atomic E-state index is 12.4. The number of hydrogen-bond acceptors (Lipinski definition) is 5. The highest BCUT2D eigenvalue weighted by Gasteiger charge is 2.58. The van der Waals surface area contributed by atoms with Crippen LogP contribution in [0.2, 0.25) is 0 Å². The van der Waals surface area contributed by atoms with Gasteiger partial charge in [0.15, 0.2) is 0 Å². The number of carbonyl (C=O) groups is 1. The molecule has 4 N–H and O–H groups in total. The lowest BCUT2D eigenvalue weighted by atomic mass is 9.66. The molecule has 2 heterocycles. The summed E-state index contributed by atoms with van der Waals surface area (Å²) in [6.07, 6.45) is 2.52. The normalized spacial score (nSPS) is 34.1. The van der Waals surface area contributed by atoms with Gasteiger partial charge in [0.05, 0.1) is 18.3 Å². The molecule has 1 aliphatic carbocycles. The lowest BCUT2D eigenvalue weighted by Gasteiger charge is -2.57. The van der Waals surface area contributed by atoms with Crippen LogP contribution in [-0.4, -0.2) is 57.5 Å². The van der Waals surface area contributed by atoms with Crippen LogP contribution < -0.4 is 11.1 Å². The molecule has 1 aliphatic heterocycles. The van der Waals surface area contributed by atoms with Crippen molar-refractivity contribution in [3.05, 3.63) is 11.8 Å². The van der Waals surface area contributed by atoms with Crippen molar-refractivity contribution in [3.63, 3.8) is 0 Å². The number of hydrogen-bond donors (Lipinski definition) is 3. The van der Waals surface area contributed by atoms with Crippen LogP contribution in [0, 0.1) is 11.3 Å². The SMILES string of the molecule is CC(C)C1N(C)CC12C[C@@H](O)[C@H](NC(=O)c1cnn(C)c1N)C2. The summed E-state index contributed by atoms with van der Waals surface area (Å²) in [6.45, 7) is 5.42. The van der Waals surface area contributed by atoms with Crippen LogP contribution in [0.3, 0.4) is 0 Å². The molecular weight excluding hydrogens is 294 g/mol. The minimum Gasteiger partial charge on any atom is -0.391 e. The molecule has 2 fully saturated rings. The molecular formula is C16H27N5O2. The zero-order valence-electron chi connectivity index (χ0n) is 14.3. The molecule has 1 saturated carbocycles. The Hall–Kier alpha value is -1.60. The number of nitrogens with one attached hydrogen (secondary N) is 1. The van der Waals surface area contributed by atoms with Gasteiger partial charge in [-0.3, -0.25) is 9.48 Å². The predicted molar refractivity (Wildman–Crippen MR) is 87.8 cm³/mol. The quantitative estimate of drug-likeness (QED) is 0.740. The van der Waals surface area contributed by atoms with Gasteiger partial charge in [-0.05, 0) is 25.8 Å². The first-order valence-corrected chi connectivity index (χ1v) is 8.22. The van der Waals surface area contributed by atoms with E-state index in [9.17, 15) is 9.90 Å². The summed E-state index contributed by atoms with van der Waals surface area (Å²) in [5.41, 5.74) is 6.33. The van der Waals surface area contributed by atoms with Crippen LogP contribution in [-0.2, 0) is 7.05 Å². The van der Waals surface area contributed by atoms with Crippen molar-refractivity contribution in [2.24, 2.45) is 18.4 Å². The van der Waals surface area contributed by atoms with Crippen molar-refractivity contribution in [1.29, 1.82) is 0 Å². The predicted octanol–water partition coefficient (Wildman–Crippen LogP) is 0.212. The van der Waals surface area contributed by atoms with Crippen LogP contribution in [0.5, 0.6) is 0 Å². The second-order valence-electron chi connectivity index (χ2n) is 7.59. The fourth-order valence-corrected chi connectivity index (χ4v) is 4.86. The number of aromatic nitrogens is 2. The Morgan fingerprint density at radius 1 is 1.48 bits per heavy atom. The molecule has 2 unspecified atom stereocenters. The molecule has 7 heteroatoms. The average molecular weight is 321 g/mol. The second kappa shape index (κ2) is 5.49. The number of amides is 1. The Balaban J connectivity index is 1.71. The summed E-state index contributed by atoms with van der Waals surface area (Å²) in [4.78, 5) is 14.8. The number of aliphatic hydroxyl groups excluding tert-OH is 1. The van der Waals surface area contributed by atoms with Crippen molar-refractivity contribution < 1.29 is 9.90 Å². The largest absolute Gasteiger partial charge is 0.391 e. The van der Waals surface area contributed by atoms with Gasteiger partial charge in [0.1, 0.15) is 11.4 Å². The van der Waals surface area contributed by atoms with Crippen LogP contribution in [0.4, 0.5) is 5.82 Å². The highest BCUT2D eigenvalue weighted by molar-refractivity contribution is 5.98. The number of rotatable bonds is 3. The lowest BCUT2D eigenvalue weighted by Crippen LogP contribution is -2.64. The van der Waals surface area contributed by atoms with E-state index < -0.39 is 6.10 Å². The van der Waals surface area contributed by atoms with Gasteiger partial charge in [0.2, 0.25) is 0 Å². The highest BCUT2D eigenvalue weighted by atomic mass is 16.3. The zero-order valence-corrected chi connectivity index (χ0v) is 14.3. The first-order chi connectivity index (χ1) is 10.7. The summed E-state index contributed by atoms with van der Waals surface area (Å²) in [7, 11) is 3.83. The number of aliphatic hydroxyl groups is 1. The first-order valence-electron chi connectivity index (χ1n) is 8.22. The molecule has 0 radical (unpaired) electrons. The highest BCUT2D eigenvalue weighted by Crippen LogP contribution is 2.52. The van der Waals surface area contributed by atoms with Gasteiger partial charge in [-0.1, -0.05) is 13.8 Å². The maximum absolute atomic E-state index is 12.4. The van der Waals surface area contributed by atoms with Crippen LogP contribution in [0.1, 0.15) is 37.0 Å². The molecule has 0 aromatic carbocycles. The Morgan fingerprint density at radius 3 is 2.70 bits per heavy atom. The number of aryl methyl sites for hydroxylation is 1. The Morgan fingerprint density at radius 2 is 2.17 bits per heavy atom. The molecule has 1 amide bonds. The molecule has 7 nitrogen and oxygen atoms in total. The molecule has 1 aromatic heterocycles. The summed E-state index contributed by atoms with van der Waals surface area (Å²) in [5.74, 6) is 0.614. The van der Waals surface area contributed by atoms with E-state index in [1.165, 1.54) is 10.9 Å². The fraction of sp³-hybridized carbons (Fsp3) is 0.750. The zero-order chi connectivity index (χ0) is 16.9. The standard InChI is InChI=1S/C16H27N5O2/c1-9(2)13-16(8-20(13)3)5-11(12(22)6-16)19-15(23)10-7-18-21(4)14(10)17/h7,9,11-13,22H,5-6,8,17H2,1-4H3,(H,19,23)/t11-,12-,13?,16?/m1/s1. The molecule has 2 aliphatic rings. The van der Waals surface area contributed by atoms with Crippen LogP contribution in [0.25, 0.3) is 0 Å². The molecule has 1 aromatic rings. The molecule has 128 valence electrons. The third-order valence-electron chi connectivity index (χ3n) is 5.55. The van der Waals surface area contributed by atoms with E-state index in [-0.39, 0.29) is 17.4 Å². The second-order valence-corrected chi connectivity index (χ2v) is 7.59. The number of nitrogens with zero attached hydrogens (tertiary/aromatic N) is 3. The smallest absolute Gasteiger partial charge is 0.256 e. The molecule has 23 heavy (non-hydrogen) atoms. The Kier molecular flexibility index (Phi) is 3.88. The van der Waals surface area contributed by atoms with E-state index in [0.717, 1.165) is 19.4 Å². The lowest BCUT2D eigenvalue weighted by molar-refractivity contribution is -0.0827. The molecule has 1 saturated heterocycles. The van der Waals surface area contributed by atoms with E-state index in [1.807, 2.05) is 0 Å². The fourth-order valence-electron chi connectivity index (χ4n) is 4.86. The van der Waals surface area contributed by atoms with E-state index in [1.54, 1.807) is 7.05 Å². The van der Waals surface area contributed by atoms with Gasteiger partial charge >= 0.3 is 0 Å². The molecule has 3 rings (SSSR count). The monoisotopic (exact) mass is 321 g/mol. The molecule has 0 bridgehead atoms. The van der Waals surface area contributed by atoms with Crippen molar-refractivity contribution in [2.45, 2.75) is 44.9 Å². The van der Waals surface area contributed by atoms with Crippen LogP contribution in [0.15, 0.2) is 6.20 Å². The van der Waals surface area contributed by atoms with Gasteiger partial charge in [0.25, 0.3) is 5.91 Å². The number of anilines is 1. The van der Waals surface area contributed by atoms with Gasteiger partial charge in [-0.15, -0.1) is 0 Å². The summed E-state index contributed by atoms with van der Waals surface area (Å²) >= 11 is 0. The third kappa shape index (κ3) is 2.52. The summed E-state index contributed by atoms with van der Waals surface area (Å²) in [6, 6.07) is 0.236. The van der Waals surface area contributed by atoms with Crippen molar-refractivity contribution in [2.75, 3.05) is 19.3 Å². The Bertz CT molecular complexity index is 609. The average Bonchev–Trinajstić information content (AvgIpc) is 2.92. The number of nitrogen functional groups attached to an aromatic ring is 1. The minimum absolute atomic E-state index is 0.112. The summed E-state index contributed by atoms with van der Waals surface area (Å²) in [5, 5.41) is 17.4. The first kappa shape index (κ1) is 16.3. The van der Waals surface area contributed by atoms with Gasteiger partial charge in [-0.2, -0.15) is 5.10 Å². The topological polar surface area (TPSA) is 96.4 Å². The maximum Gasteiger partial charge on any atom is 0.256 e. The van der Waals surface area contributed by atoms with Gasteiger partial charge < -0.3 is 21.1 Å². The van der Waals surface area contributed by atoms with Gasteiger partial charge in [-0.25, -0.2) is 0 Å². The molecule has 1 spiro atoms. The van der Waals surface area contributed by atoms with Gasteiger partial charge in [0, 0.05) is 25.0 Å². The van der Waals surface area contributed by atoms with E-state index in [4.69, 9.17) is 5.73 Å². The van der Waals surface area contributed by atoms with E-state index >= 15 is 0 Å². The number of likely N-dealkylation sites (tertiary alicyclic amines) is 1. The third-order valence-corrected chi connectivity index (χ3v) is 5.55. The summed E-state index contributed by atoms with van der Waals surface area (Å²) < 4.78 is 1.47. The minimum atomic E-state index is -0.508. The number of carbonyl (C=O) groups excluding carboxylic acids is 1. The van der Waals surface area contributed by atoms with Crippen LogP contribution >= 0.6 is 0 Å².